The summed E-state index contributed by atoms with van der Waals surface area (Å²) in [5, 5.41) is 13.2. The highest BCUT2D eigenvalue weighted by Gasteiger charge is 2.23. The fourth-order valence-corrected chi connectivity index (χ4v) is 4.89. The van der Waals surface area contributed by atoms with Crippen molar-refractivity contribution in [2.75, 3.05) is 49.7 Å². The monoisotopic (exact) mass is 651 g/mol. The molecule has 2 heterocycles. The molecule has 0 spiro atoms. The lowest BCUT2D eigenvalue weighted by Crippen LogP contribution is -2.41. The van der Waals surface area contributed by atoms with Gasteiger partial charge in [-0.1, -0.05) is 49.8 Å². The normalized spacial score (nSPS) is 14.1. The molecule has 3 rings (SSSR count). The van der Waals surface area contributed by atoms with E-state index in [1.807, 2.05) is 71.8 Å². The fraction of sp³-hybridized carbons (Fsp3) is 0.438. The molecule has 3 amide bonds. The van der Waals surface area contributed by atoms with Crippen LogP contribution in [0.5, 0.6) is 0 Å². The number of nitrogens with zero attached hydrogens (tertiary/aromatic N) is 6. The fourth-order valence-electron chi connectivity index (χ4n) is 4.00. The number of hydrogen-bond donors (Lipinski definition) is 3. The summed E-state index contributed by atoms with van der Waals surface area (Å²) >= 11 is 1.52. The van der Waals surface area contributed by atoms with E-state index in [1.165, 1.54) is 11.8 Å². The van der Waals surface area contributed by atoms with Crippen LogP contribution in [0.3, 0.4) is 0 Å². The zero-order valence-electron chi connectivity index (χ0n) is 27.7. The molecule has 46 heavy (non-hydrogen) atoms. The van der Waals surface area contributed by atoms with Crippen molar-refractivity contribution in [3.8, 4) is 0 Å². The summed E-state index contributed by atoms with van der Waals surface area (Å²) in [6.07, 6.45) is 3.23. The molecule has 14 heteroatoms. The lowest BCUT2D eigenvalue weighted by molar-refractivity contribution is 0.0258. The summed E-state index contributed by atoms with van der Waals surface area (Å²) in [5.41, 5.74) is 1.96. The van der Waals surface area contributed by atoms with Gasteiger partial charge in [-0.25, -0.2) is 9.59 Å². The Kier molecular flexibility index (Phi) is 12.7. The molecule has 2 aromatic rings. The third-order valence-electron chi connectivity index (χ3n) is 6.39. The smallest absolute Gasteiger partial charge is 0.410 e. The van der Waals surface area contributed by atoms with Crippen molar-refractivity contribution in [2.24, 2.45) is 15.0 Å². The number of aliphatic imine (C=N–C) groups is 3. The number of benzene rings is 1. The quantitative estimate of drug-likeness (QED) is 0.223. The van der Waals surface area contributed by atoms with E-state index in [2.05, 4.69) is 49.5 Å². The number of thioether (sulfide) groups is 1. The summed E-state index contributed by atoms with van der Waals surface area (Å²) in [7, 11) is 1.84. The van der Waals surface area contributed by atoms with E-state index in [4.69, 9.17) is 9.26 Å². The van der Waals surface area contributed by atoms with Crippen LogP contribution in [-0.4, -0.2) is 91.4 Å². The average molecular weight is 652 g/mol. The number of amides is 3. The molecule has 13 nitrogen and oxygen atoms in total. The summed E-state index contributed by atoms with van der Waals surface area (Å²) in [5.74, 6) is 1.59. The molecule has 3 N–H and O–H groups in total. The van der Waals surface area contributed by atoms with Gasteiger partial charge in [0.15, 0.2) is 5.82 Å². The lowest BCUT2D eigenvalue weighted by Gasteiger charge is -2.27. The van der Waals surface area contributed by atoms with Gasteiger partial charge in [-0.3, -0.25) is 20.3 Å². The number of carbonyl (C=O) groups excluding carboxylic acids is 2. The van der Waals surface area contributed by atoms with E-state index in [1.54, 1.807) is 29.3 Å². The van der Waals surface area contributed by atoms with E-state index in [-0.39, 0.29) is 11.5 Å². The van der Waals surface area contributed by atoms with Crippen LogP contribution in [0.25, 0.3) is 5.70 Å². The Bertz CT molecular complexity index is 1470. The minimum absolute atomic E-state index is 0.221. The highest BCUT2D eigenvalue weighted by Crippen LogP contribution is 2.33. The van der Waals surface area contributed by atoms with Gasteiger partial charge >= 0.3 is 12.1 Å². The van der Waals surface area contributed by atoms with Crippen LogP contribution in [-0.2, 0) is 10.2 Å². The first-order chi connectivity index (χ1) is 21.7. The van der Waals surface area contributed by atoms with Crippen molar-refractivity contribution in [2.45, 2.75) is 52.6 Å². The highest BCUT2D eigenvalue weighted by molar-refractivity contribution is 8.03. The van der Waals surface area contributed by atoms with Crippen LogP contribution in [0.15, 0.2) is 66.8 Å². The van der Waals surface area contributed by atoms with Crippen LogP contribution in [0, 0.1) is 0 Å². The molecule has 0 saturated carbocycles. The second kappa shape index (κ2) is 16.2. The molecule has 0 aliphatic carbocycles. The number of ether oxygens (including phenoxy) is 1. The Morgan fingerprint density at radius 1 is 1.13 bits per heavy atom. The Balaban J connectivity index is 1.65. The summed E-state index contributed by atoms with van der Waals surface area (Å²) < 4.78 is 10.9. The predicted molar refractivity (Wildman–Crippen MR) is 188 cm³/mol. The second-order valence-corrected chi connectivity index (χ2v) is 13.3. The van der Waals surface area contributed by atoms with Gasteiger partial charge in [0, 0.05) is 54.8 Å². The third-order valence-corrected chi connectivity index (χ3v) is 7.41. The van der Waals surface area contributed by atoms with E-state index in [0.717, 1.165) is 16.3 Å². The van der Waals surface area contributed by atoms with Crippen molar-refractivity contribution in [1.29, 1.82) is 0 Å². The maximum Gasteiger partial charge on any atom is 0.410 e. The number of hydrogen-bond acceptors (Lipinski definition) is 11. The van der Waals surface area contributed by atoms with Gasteiger partial charge < -0.3 is 29.7 Å². The van der Waals surface area contributed by atoms with Crippen molar-refractivity contribution in [3.63, 3.8) is 0 Å². The van der Waals surface area contributed by atoms with Gasteiger partial charge in [0.1, 0.15) is 16.4 Å². The molecule has 0 radical (unpaired) electrons. The molecule has 1 aliphatic heterocycles. The van der Waals surface area contributed by atoms with Gasteiger partial charge in [-0.15, -0.1) is 0 Å². The summed E-state index contributed by atoms with van der Waals surface area (Å²) in [6, 6.07) is 8.49. The molecular formula is C32H45N9O4S. The third kappa shape index (κ3) is 10.9. The molecule has 1 aromatic heterocycles. The SMILES string of the molecule is C=NC1=C(C=NCCN(CCNC)C(=O)OC(C)(C)C)N(/C=C(\N=C)c2ccc(NC(=O)Nc3cc(C(C)(C)C)on3)cc2)CS1. The number of urea groups is 1. The van der Waals surface area contributed by atoms with Gasteiger partial charge in [0.25, 0.3) is 0 Å². The molecule has 0 bridgehead atoms. The van der Waals surface area contributed by atoms with Crippen molar-refractivity contribution in [3.05, 3.63) is 58.6 Å². The molecule has 0 unspecified atom stereocenters. The number of allylic oxidation sites excluding steroid dienone is 1. The van der Waals surface area contributed by atoms with Crippen LogP contribution in [0.2, 0.25) is 0 Å². The Morgan fingerprint density at radius 2 is 1.85 bits per heavy atom. The molecule has 0 atom stereocenters. The largest absolute Gasteiger partial charge is 0.444 e. The number of likely N-dealkylation sites (N-methyl/N-ethyl adjacent to an activating group) is 1. The minimum atomic E-state index is -0.584. The zero-order valence-corrected chi connectivity index (χ0v) is 28.5. The summed E-state index contributed by atoms with van der Waals surface area (Å²) in [6.45, 7) is 20.9. The van der Waals surface area contributed by atoms with E-state index >= 15 is 0 Å². The minimum Gasteiger partial charge on any atom is -0.444 e. The molecular weight excluding hydrogens is 606 g/mol. The van der Waals surface area contributed by atoms with E-state index in [0.29, 0.717) is 55.0 Å². The number of rotatable bonds is 13. The highest BCUT2D eigenvalue weighted by atomic mass is 32.2. The van der Waals surface area contributed by atoms with Crippen molar-refractivity contribution in [1.82, 2.24) is 20.3 Å². The maximum absolute atomic E-state index is 12.7. The standard InChI is InChI=1S/C32H45N9O4S/c1-31(2,3)26-18-27(39-45-26)38-29(42)37-23-12-10-22(11-13-23)24(34-8)20-41-21-46-28(35-9)25(41)19-36-15-17-40(16-14-33-7)30(43)44-32(4,5)6/h10-13,18-20,33H,8-9,14-17,21H2,1-7H3,(H2,37,38,39,42)/b24-20-,36-19?. The maximum atomic E-state index is 12.7. The van der Waals surface area contributed by atoms with Gasteiger partial charge in [-0.2, -0.15) is 0 Å². The molecule has 0 fully saturated rings. The Hall–Kier alpha value is -4.43. The molecule has 248 valence electrons. The number of aromatic nitrogens is 1. The number of carbonyl (C=O) groups is 2. The predicted octanol–water partition coefficient (Wildman–Crippen LogP) is 6.02. The van der Waals surface area contributed by atoms with Crippen LogP contribution < -0.4 is 16.0 Å². The number of nitrogens with one attached hydrogen (secondary N) is 3. The summed E-state index contributed by atoms with van der Waals surface area (Å²) in [4.78, 5) is 41.8. The van der Waals surface area contributed by atoms with Crippen molar-refractivity contribution >= 4 is 60.7 Å². The van der Waals surface area contributed by atoms with Crippen LogP contribution in [0.1, 0.15) is 52.9 Å². The van der Waals surface area contributed by atoms with E-state index in [9.17, 15) is 9.59 Å². The van der Waals surface area contributed by atoms with Crippen LogP contribution >= 0.6 is 11.8 Å². The molecule has 0 saturated heterocycles. The van der Waals surface area contributed by atoms with Crippen molar-refractivity contribution < 1.29 is 18.8 Å². The molecule has 1 aliphatic rings. The lowest BCUT2D eigenvalue weighted by atomic mass is 9.93. The Labute approximate surface area is 275 Å². The van der Waals surface area contributed by atoms with Gasteiger partial charge in [0.05, 0.1) is 23.8 Å². The Morgan fingerprint density at radius 3 is 2.43 bits per heavy atom. The first-order valence-electron chi connectivity index (χ1n) is 14.8. The first kappa shape index (κ1) is 36.0. The average Bonchev–Trinajstić information content (AvgIpc) is 3.61. The van der Waals surface area contributed by atoms with Crippen LogP contribution in [0.4, 0.5) is 21.1 Å². The zero-order chi connectivity index (χ0) is 33.9. The van der Waals surface area contributed by atoms with Gasteiger partial charge in [0.2, 0.25) is 0 Å². The number of anilines is 2. The second-order valence-electron chi connectivity index (χ2n) is 12.4. The molecule has 1 aromatic carbocycles. The topological polar surface area (TPSA) is 149 Å². The first-order valence-corrected chi connectivity index (χ1v) is 15.8. The van der Waals surface area contributed by atoms with E-state index < -0.39 is 11.6 Å². The van der Waals surface area contributed by atoms with Gasteiger partial charge in [-0.05, 0) is 53.4 Å².